The highest BCUT2D eigenvalue weighted by Gasteiger charge is 2.09. The maximum Gasteiger partial charge on any atom is 0.223 e. The number of nitrogens with two attached hydrogens (primary N) is 1. The molecule has 0 aromatic carbocycles. The lowest BCUT2D eigenvalue weighted by molar-refractivity contribution is -0.117. The van der Waals surface area contributed by atoms with E-state index in [9.17, 15) is 9.59 Å². The van der Waals surface area contributed by atoms with E-state index in [1.807, 2.05) is 0 Å². The van der Waals surface area contributed by atoms with Crippen LogP contribution in [0, 0.1) is 0 Å². The molecule has 0 unspecified atom stereocenters. The van der Waals surface area contributed by atoms with Crippen molar-refractivity contribution in [2.45, 2.75) is 13.3 Å². The Hall–Kier alpha value is -1.58. The van der Waals surface area contributed by atoms with E-state index in [-0.39, 0.29) is 12.2 Å². The summed E-state index contributed by atoms with van der Waals surface area (Å²) < 4.78 is 1.69. The number of primary amides is 1. The molecule has 0 bridgehead atoms. The fourth-order valence-electron chi connectivity index (χ4n) is 1.26. The Morgan fingerprint density at radius 3 is 2.46 bits per heavy atom. The van der Waals surface area contributed by atoms with Crippen LogP contribution in [0.4, 0.5) is 0 Å². The summed E-state index contributed by atoms with van der Waals surface area (Å²) in [5, 5.41) is 0. The lowest BCUT2D eigenvalue weighted by Crippen LogP contribution is -2.16. The van der Waals surface area contributed by atoms with Crippen LogP contribution in [0.15, 0.2) is 12.1 Å². The summed E-state index contributed by atoms with van der Waals surface area (Å²) in [7, 11) is 1.75. The van der Waals surface area contributed by atoms with Gasteiger partial charge in [0.1, 0.15) is 0 Å². The molecule has 0 radical (unpaired) electrons. The maximum absolute atomic E-state index is 11.0. The number of hydrogen-bond acceptors (Lipinski definition) is 2. The summed E-state index contributed by atoms with van der Waals surface area (Å²) in [6.45, 7) is 1.49. The van der Waals surface area contributed by atoms with Crippen LogP contribution in [-0.2, 0) is 18.3 Å². The molecule has 1 heterocycles. The van der Waals surface area contributed by atoms with Crippen molar-refractivity contribution in [1.29, 1.82) is 0 Å². The Balaban J connectivity index is 2.99. The topological polar surface area (TPSA) is 65.1 Å². The molecule has 4 nitrogen and oxygen atoms in total. The molecule has 0 aliphatic carbocycles. The van der Waals surface area contributed by atoms with Gasteiger partial charge in [-0.05, 0) is 12.1 Å². The first-order chi connectivity index (χ1) is 6.02. The average Bonchev–Trinajstić information content (AvgIpc) is 2.32. The normalized spacial score (nSPS) is 10.0. The predicted molar refractivity (Wildman–Crippen MR) is 48.3 cm³/mol. The lowest BCUT2D eigenvalue weighted by Gasteiger charge is -2.02. The molecule has 1 amide bonds. The van der Waals surface area contributed by atoms with Crippen molar-refractivity contribution < 1.29 is 9.59 Å². The average molecular weight is 180 g/mol. The molecular formula is C9H12N2O2. The standard InChI is InChI=1S/C9H12N2O2/c1-6(12)8-4-3-7(11(8)2)5-9(10)13/h3-4H,5H2,1-2H3,(H2,10,13). The Morgan fingerprint density at radius 2 is 2.08 bits per heavy atom. The van der Waals surface area contributed by atoms with Crippen LogP contribution < -0.4 is 5.73 Å². The molecule has 0 aliphatic rings. The second-order valence-electron chi connectivity index (χ2n) is 2.97. The zero-order valence-electron chi connectivity index (χ0n) is 7.70. The van der Waals surface area contributed by atoms with Gasteiger partial charge >= 0.3 is 0 Å². The molecule has 1 aromatic rings. The van der Waals surface area contributed by atoms with Crippen molar-refractivity contribution in [3.05, 3.63) is 23.5 Å². The maximum atomic E-state index is 11.0. The summed E-state index contributed by atoms with van der Waals surface area (Å²) in [5.74, 6) is -0.408. The molecule has 0 aliphatic heterocycles. The molecule has 0 atom stereocenters. The van der Waals surface area contributed by atoms with Crippen molar-refractivity contribution in [2.24, 2.45) is 12.8 Å². The van der Waals surface area contributed by atoms with Gasteiger partial charge in [-0.3, -0.25) is 9.59 Å². The van der Waals surface area contributed by atoms with Crippen LogP contribution in [0.2, 0.25) is 0 Å². The van der Waals surface area contributed by atoms with E-state index in [1.165, 1.54) is 6.92 Å². The van der Waals surface area contributed by atoms with E-state index in [0.717, 1.165) is 5.69 Å². The van der Waals surface area contributed by atoms with Crippen molar-refractivity contribution in [2.75, 3.05) is 0 Å². The minimum Gasteiger partial charge on any atom is -0.369 e. The van der Waals surface area contributed by atoms with Gasteiger partial charge in [-0.1, -0.05) is 0 Å². The van der Waals surface area contributed by atoms with Gasteiger partial charge in [-0.2, -0.15) is 0 Å². The Kier molecular flexibility index (Phi) is 2.51. The Morgan fingerprint density at radius 1 is 1.46 bits per heavy atom. The minimum atomic E-state index is -0.392. The molecule has 0 saturated carbocycles. The summed E-state index contributed by atoms with van der Waals surface area (Å²) in [6, 6.07) is 3.43. The lowest BCUT2D eigenvalue weighted by atomic mass is 10.3. The highest BCUT2D eigenvalue weighted by molar-refractivity contribution is 5.92. The Labute approximate surface area is 76.3 Å². The molecule has 1 rings (SSSR count). The smallest absolute Gasteiger partial charge is 0.223 e. The monoisotopic (exact) mass is 180 g/mol. The number of aromatic nitrogens is 1. The number of ketones is 1. The molecular weight excluding hydrogens is 168 g/mol. The summed E-state index contributed by atoms with van der Waals surface area (Å²) in [4.78, 5) is 21.7. The predicted octanol–water partition coefficient (Wildman–Crippen LogP) is 0.255. The highest BCUT2D eigenvalue weighted by atomic mass is 16.1. The number of Topliss-reactive ketones (excluding diaryl/α,β-unsaturated/α-hetero) is 1. The summed E-state index contributed by atoms with van der Waals surface area (Å²) in [5.41, 5.74) is 6.40. The number of carbonyl (C=O) groups excluding carboxylic acids is 2. The second kappa shape index (κ2) is 3.43. The number of rotatable bonds is 3. The third-order valence-corrected chi connectivity index (χ3v) is 1.94. The zero-order valence-corrected chi connectivity index (χ0v) is 7.70. The van der Waals surface area contributed by atoms with E-state index in [4.69, 9.17) is 5.73 Å². The summed E-state index contributed by atoms with van der Waals surface area (Å²) in [6.07, 6.45) is 0.170. The molecule has 70 valence electrons. The van der Waals surface area contributed by atoms with Gasteiger partial charge in [0, 0.05) is 19.7 Å². The second-order valence-corrected chi connectivity index (χ2v) is 2.97. The molecule has 0 spiro atoms. The third-order valence-electron chi connectivity index (χ3n) is 1.94. The SMILES string of the molecule is CC(=O)c1ccc(CC(N)=O)n1C. The van der Waals surface area contributed by atoms with Crippen LogP contribution in [0.5, 0.6) is 0 Å². The van der Waals surface area contributed by atoms with Crippen LogP contribution >= 0.6 is 0 Å². The van der Waals surface area contributed by atoms with Gasteiger partial charge in [-0.15, -0.1) is 0 Å². The molecule has 13 heavy (non-hydrogen) atoms. The first-order valence-corrected chi connectivity index (χ1v) is 3.96. The number of carbonyl (C=O) groups is 2. The molecule has 0 fully saturated rings. The van der Waals surface area contributed by atoms with Gasteiger partial charge < -0.3 is 10.3 Å². The fraction of sp³-hybridized carbons (Fsp3) is 0.333. The van der Waals surface area contributed by atoms with Gasteiger partial charge in [0.25, 0.3) is 0 Å². The third kappa shape index (κ3) is 1.96. The Bertz CT molecular complexity index is 352. The number of hydrogen-bond donors (Lipinski definition) is 1. The summed E-state index contributed by atoms with van der Waals surface area (Å²) >= 11 is 0. The van der Waals surface area contributed by atoms with Gasteiger partial charge in [0.15, 0.2) is 5.78 Å². The highest BCUT2D eigenvalue weighted by Crippen LogP contribution is 2.08. The van der Waals surface area contributed by atoms with E-state index >= 15 is 0 Å². The molecule has 0 saturated heterocycles. The van der Waals surface area contributed by atoms with E-state index in [0.29, 0.717) is 5.69 Å². The zero-order chi connectivity index (χ0) is 10.0. The van der Waals surface area contributed by atoms with Crippen molar-refractivity contribution in [3.8, 4) is 0 Å². The van der Waals surface area contributed by atoms with Crippen molar-refractivity contribution in [1.82, 2.24) is 4.57 Å². The van der Waals surface area contributed by atoms with Crippen molar-refractivity contribution >= 4 is 11.7 Å². The molecule has 4 heteroatoms. The first-order valence-electron chi connectivity index (χ1n) is 3.96. The van der Waals surface area contributed by atoms with Gasteiger partial charge in [0.2, 0.25) is 5.91 Å². The fourth-order valence-corrected chi connectivity index (χ4v) is 1.26. The first kappa shape index (κ1) is 9.51. The van der Waals surface area contributed by atoms with Crippen LogP contribution in [0.25, 0.3) is 0 Å². The van der Waals surface area contributed by atoms with Gasteiger partial charge in [-0.25, -0.2) is 0 Å². The van der Waals surface area contributed by atoms with Crippen LogP contribution in [0.1, 0.15) is 23.1 Å². The largest absolute Gasteiger partial charge is 0.369 e. The number of amides is 1. The van der Waals surface area contributed by atoms with Crippen LogP contribution in [-0.4, -0.2) is 16.3 Å². The van der Waals surface area contributed by atoms with E-state index < -0.39 is 5.91 Å². The number of nitrogens with zero attached hydrogens (tertiary/aromatic N) is 1. The quantitative estimate of drug-likeness (QED) is 0.678. The van der Waals surface area contributed by atoms with E-state index in [1.54, 1.807) is 23.7 Å². The van der Waals surface area contributed by atoms with Crippen molar-refractivity contribution in [3.63, 3.8) is 0 Å². The molecule has 1 aromatic heterocycles. The molecule has 2 N–H and O–H groups in total. The minimum absolute atomic E-state index is 0.0155. The van der Waals surface area contributed by atoms with Gasteiger partial charge in [0.05, 0.1) is 12.1 Å². The van der Waals surface area contributed by atoms with E-state index in [2.05, 4.69) is 0 Å². The van der Waals surface area contributed by atoms with Crippen LogP contribution in [0.3, 0.4) is 0 Å².